The molecule has 1 aliphatic heterocycles. The summed E-state index contributed by atoms with van der Waals surface area (Å²) in [6.45, 7) is 2.67. The summed E-state index contributed by atoms with van der Waals surface area (Å²) < 4.78 is 0. The van der Waals surface area contributed by atoms with Crippen LogP contribution in [0.5, 0.6) is 0 Å². The number of likely N-dealkylation sites (tertiary alicyclic amines) is 1. The van der Waals surface area contributed by atoms with Gasteiger partial charge in [0.2, 0.25) is 0 Å². The normalized spacial score (nSPS) is 22.1. The molecule has 1 aromatic carbocycles. The summed E-state index contributed by atoms with van der Waals surface area (Å²) >= 11 is 0. The molecule has 1 aliphatic rings. The molecule has 0 N–H and O–H groups in total. The summed E-state index contributed by atoms with van der Waals surface area (Å²) in [6, 6.07) is 12.8. The predicted octanol–water partition coefficient (Wildman–Crippen LogP) is 2.00. The smallest absolute Gasteiger partial charge is 0.0866 e. The number of nitrogens with zero attached hydrogens (tertiary/aromatic N) is 2. The minimum atomic E-state index is 0.573. The summed E-state index contributed by atoms with van der Waals surface area (Å²) in [6.07, 6.45) is 1.19. The highest BCUT2D eigenvalue weighted by atomic mass is 15.1. The van der Waals surface area contributed by atoms with Gasteiger partial charge >= 0.3 is 0 Å². The van der Waals surface area contributed by atoms with E-state index in [1.54, 1.807) is 0 Å². The van der Waals surface area contributed by atoms with Gasteiger partial charge in [-0.25, -0.2) is 0 Å². The van der Waals surface area contributed by atoms with Crippen LogP contribution in [0.4, 0.5) is 0 Å². The Morgan fingerprint density at radius 3 is 2.86 bits per heavy atom. The molecule has 0 saturated carbocycles. The molecule has 14 heavy (non-hydrogen) atoms. The van der Waals surface area contributed by atoms with E-state index in [-0.39, 0.29) is 0 Å². The van der Waals surface area contributed by atoms with Gasteiger partial charge in [-0.1, -0.05) is 30.3 Å². The van der Waals surface area contributed by atoms with Gasteiger partial charge in [0.1, 0.15) is 0 Å². The Hall–Kier alpha value is -1.33. The average molecular weight is 186 g/mol. The number of hydrogen-bond donors (Lipinski definition) is 0. The zero-order chi connectivity index (χ0) is 9.80. The molecule has 0 aromatic heterocycles. The van der Waals surface area contributed by atoms with E-state index in [1.807, 2.05) is 6.07 Å². The fourth-order valence-corrected chi connectivity index (χ4v) is 2.07. The molecule has 0 aliphatic carbocycles. The van der Waals surface area contributed by atoms with E-state index < -0.39 is 0 Å². The zero-order valence-electron chi connectivity index (χ0n) is 8.19. The van der Waals surface area contributed by atoms with Crippen molar-refractivity contribution >= 4 is 0 Å². The van der Waals surface area contributed by atoms with Crippen LogP contribution >= 0.6 is 0 Å². The molecule has 2 nitrogen and oxygen atoms in total. The van der Waals surface area contributed by atoms with E-state index in [1.165, 1.54) is 12.0 Å². The van der Waals surface area contributed by atoms with Gasteiger partial charge in [0, 0.05) is 6.54 Å². The average Bonchev–Trinajstić information content (AvgIpc) is 2.68. The number of nitriles is 1. The Balaban J connectivity index is 2.00. The Bertz CT molecular complexity index is 326. The van der Waals surface area contributed by atoms with Crippen molar-refractivity contribution < 1.29 is 0 Å². The third kappa shape index (κ3) is 1.94. The van der Waals surface area contributed by atoms with Gasteiger partial charge in [0.05, 0.1) is 12.6 Å². The lowest BCUT2D eigenvalue weighted by atomic mass is 9.99. The summed E-state index contributed by atoms with van der Waals surface area (Å²) in [5.41, 5.74) is 1.41. The highest BCUT2D eigenvalue weighted by molar-refractivity contribution is 5.21. The molecule has 72 valence electrons. The van der Waals surface area contributed by atoms with Crippen LogP contribution in [-0.4, -0.2) is 24.5 Å². The van der Waals surface area contributed by atoms with Gasteiger partial charge in [0.15, 0.2) is 0 Å². The van der Waals surface area contributed by atoms with Gasteiger partial charge < -0.3 is 0 Å². The summed E-state index contributed by atoms with van der Waals surface area (Å²) in [7, 11) is 0. The number of rotatable bonds is 2. The Morgan fingerprint density at radius 1 is 1.36 bits per heavy atom. The van der Waals surface area contributed by atoms with Crippen molar-refractivity contribution in [3.63, 3.8) is 0 Å². The second kappa shape index (κ2) is 4.26. The molecule has 0 radical (unpaired) electrons. The molecule has 0 spiro atoms. The van der Waals surface area contributed by atoms with E-state index in [0.717, 1.165) is 13.1 Å². The summed E-state index contributed by atoms with van der Waals surface area (Å²) in [5.74, 6) is 0.629. The lowest BCUT2D eigenvalue weighted by Crippen LogP contribution is -2.20. The highest BCUT2D eigenvalue weighted by Gasteiger charge is 2.22. The van der Waals surface area contributed by atoms with E-state index in [9.17, 15) is 0 Å². The van der Waals surface area contributed by atoms with Crippen LogP contribution < -0.4 is 0 Å². The van der Waals surface area contributed by atoms with Crippen LogP contribution in [0.25, 0.3) is 0 Å². The highest BCUT2D eigenvalue weighted by Crippen LogP contribution is 2.26. The van der Waals surface area contributed by atoms with Gasteiger partial charge in [0.25, 0.3) is 0 Å². The van der Waals surface area contributed by atoms with E-state index >= 15 is 0 Å². The van der Waals surface area contributed by atoms with Crippen molar-refractivity contribution in [1.29, 1.82) is 5.26 Å². The summed E-state index contributed by atoms with van der Waals surface area (Å²) in [5, 5.41) is 8.59. The van der Waals surface area contributed by atoms with E-state index in [0.29, 0.717) is 12.5 Å². The first-order chi connectivity index (χ1) is 6.90. The number of benzene rings is 1. The molecule has 0 bridgehead atoms. The zero-order valence-corrected chi connectivity index (χ0v) is 8.19. The molecule has 1 heterocycles. The SMILES string of the molecule is N#CCN1CC[C@@H](c2ccccc2)C1. The fraction of sp³-hybridized carbons (Fsp3) is 0.417. The van der Waals surface area contributed by atoms with Crippen LogP contribution in [-0.2, 0) is 0 Å². The molecular weight excluding hydrogens is 172 g/mol. The van der Waals surface area contributed by atoms with Crippen molar-refractivity contribution in [3.8, 4) is 6.07 Å². The second-order valence-corrected chi connectivity index (χ2v) is 3.79. The largest absolute Gasteiger partial charge is 0.290 e. The molecule has 2 heteroatoms. The quantitative estimate of drug-likeness (QED) is 0.660. The first-order valence-corrected chi connectivity index (χ1v) is 5.04. The van der Waals surface area contributed by atoms with Gasteiger partial charge in [-0.3, -0.25) is 4.90 Å². The van der Waals surface area contributed by atoms with Gasteiger partial charge in [-0.15, -0.1) is 0 Å². The lowest BCUT2D eigenvalue weighted by Gasteiger charge is -2.11. The topological polar surface area (TPSA) is 27.0 Å². The van der Waals surface area contributed by atoms with Crippen molar-refractivity contribution in [3.05, 3.63) is 35.9 Å². The Kier molecular flexibility index (Phi) is 2.81. The van der Waals surface area contributed by atoms with Crippen LogP contribution in [0.1, 0.15) is 17.9 Å². The Labute approximate surface area is 84.8 Å². The van der Waals surface area contributed by atoms with Crippen molar-refractivity contribution in [1.82, 2.24) is 4.90 Å². The van der Waals surface area contributed by atoms with Gasteiger partial charge in [-0.2, -0.15) is 5.26 Å². The van der Waals surface area contributed by atoms with Crippen LogP contribution in [0.2, 0.25) is 0 Å². The van der Waals surface area contributed by atoms with Crippen LogP contribution in [0.15, 0.2) is 30.3 Å². The minimum Gasteiger partial charge on any atom is -0.290 e. The first kappa shape index (κ1) is 9.23. The van der Waals surface area contributed by atoms with E-state index in [2.05, 4.69) is 35.2 Å². The molecular formula is C12H14N2. The second-order valence-electron chi connectivity index (χ2n) is 3.79. The third-order valence-corrected chi connectivity index (χ3v) is 2.84. The number of hydrogen-bond acceptors (Lipinski definition) is 2. The summed E-state index contributed by atoms with van der Waals surface area (Å²) in [4.78, 5) is 2.22. The maximum Gasteiger partial charge on any atom is 0.0866 e. The van der Waals surface area contributed by atoms with Crippen LogP contribution in [0, 0.1) is 11.3 Å². The minimum absolute atomic E-state index is 0.573. The third-order valence-electron chi connectivity index (χ3n) is 2.84. The lowest BCUT2D eigenvalue weighted by molar-refractivity contribution is 0.376. The molecule has 0 amide bonds. The molecule has 1 aromatic rings. The van der Waals surface area contributed by atoms with E-state index in [4.69, 9.17) is 5.26 Å². The molecule has 2 rings (SSSR count). The maximum atomic E-state index is 8.59. The fourth-order valence-electron chi connectivity index (χ4n) is 2.07. The standard InChI is InChI=1S/C12H14N2/c13-7-9-14-8-6-12(10-14)11-4-2-1-3-5-11/h1-5,12H,6,8-10H2/t12-/m1/s1. The van der Waals surface area contributed by atoms with Crippen molar-refractivity contribution in [2.75, 3.05) is 19.6 Å². The molecule has 1 atom stereocenters. The predicted molar refractivity (Wildman–Crippen MR) is 55.9 cm³/mol. The Morgan fingerprint density at radius 2 is 2.14 bits per heavy atom. The maximum absolute atomic E-state index is 8.59. The molecule has 0 unspecified atom stereocenters. The van der Waals surface area contributed by atoms with Gasteiger partial charge in [-0.05, 0) is 24.4 Å². The molecule has 1 saturated heterocycles. The molecule has 1 fully saturated rings. The first-order valence-electron chi connectivity index (χ1n) is 5.04. The van der Waals surface area contributed by atoms with Crippen LogP contribution in [0.3, 0.4) is 0 Å². The monoisotopic (exact) mass is 186 g/mol. The van der Waals surface area contributed by atoms with Crippen molar-refractivity contribution in [2.45, 2.75) is 12.3 Å². The van der Waals surface area contributed by atoms with Crippen molar-refractivity contribution in [2.24, 2.45) is 0 Å².